The fourth-order valence-electron chi connectivity index (χ4n) is 2.67. The molecule has 0 spiro atoms. The molecule has 1 atom stereocenters. The van der Waals surface area contributed by atoms with Crippen LogP contribution in [0.2, 0.25) is 5.02 Å². The zero-order valence-electron chi connectivity index (χ0n) is 13.4. The number of benzene rings is 2. The Kier molecular flexibility index (Phi) is 5.52. The molecule has 1 nitrogen and oxygen atoms in total. The van der Waals surface area contributed by atoms with Gasteiger partial charge in [0.25, 0.3) is 0 Å². The highest BCUT2D eigenvalue weighted by atomic mass is 35.5. The first-order valence-corrected chi connectivity index (χ1v) is 8.01. The highest BCUT2D eigenvalue weighted by Crippen LogP contribution is 2.32. The van der Waals surface area contributed by atoms with Crippen molar-refractivity contribution in [2.75, 3.05) is 4.90 Å². The molecule has 114 valence electrons. The Morgan fingerprint density at radius 3 is 2.36 bits per heavy atom. The first-order valence-electron chi connectivity index (χ1n) is 7.64. The Hall–Kier alpha value is -1.91. The second-order valence-electron chi connectivity index (χ2n) is 5.63. The minimum Gasteiger partial charge on any atom is -0.338 e. The Morgan fingerprint density at radius 1 is 1.14 bits per heavy atom. The number of anilines is 2. The minimum absolute atomic E-state index is 0.204. The van der Waals surface area contributed by atoms with E-state index in [1.165, 1.54) is 5.56 Å². The fourth-order valence-corrected chi connectivity index (χ4v) is 2.95. The summed E-state index contributed by atoms with van der Waals surface area (Å²) >= 11 is 6.24. The van der Waals surface area contributed by atoms with E-state index in [0.29, 0.717) is 6.42 Å². The van der Waals surface area contributed by atoms with Crippen LogP contribution in [-0.2, 0) is 6.42 Å². The number of rotatable bonds is 5. The van der Waals surface area contributed by atoms with Gasteiger partial charge in [-0.2, -0.15) is 0 Å². The van der Waals surface area contributed by atoms with Gasteiger partial charge in [0.05, 0.1) is 0 Å². The zero-order chi connectivity index (χ0) is 16.1. The van der Waals surface area contributed by atoms with Crippen molar-refractivity contribution in [3.05, 3.63) is 58.6 Å². The summed E-state index contributed by atoms with van der Waals surface area (Å²) in [4.78, 5) is 2.26. The maximum atomic E-state index is 6.24. The van der Waals surface area contributed by atoms with Crippen LogP contribution in [0.15, 0.2) is 42.5 Å². The van der Waals surface area contributed by atoms with Gasteiger partial charge in [-0.15, -0.1) is 12.3 Å². The molecule has 0 radical (unpaired) electrons. The average Bonchev–Trinajstić information content (AvgIpc) is 2.47. The smallest absolute Gasteiger partial charge is 0.0431 e. The number of hydrogen-bond donors (Lipinski definition) is 0. The summed E-state index contributed by atoms with van der Waals surface area (Å²) < 4.78 is 0. The van der Waals surface area contributed by atoms with Gasteiger partial charge < -0.3 is 4.90 Å². The largest absolute Gasteiger partial charge is 0.338 e. The van der Waals surface area contributed by atoms with Crippen LogP contribution < -0.4 is 4.90 Å². The lowest BCUT2D eigenvalue weighted by molar-refractivity contribution is 0.735. The van der Waals surface area contributed by atoms with Gasteiger partial charge in [-0.05, 0) is 61.7 Å². The Morgan fingerprint density at radius 2 is 1.82 bits per heavy atom. The van der Waals surface area contributed by atoms with E-state index in [-0.39, 0.29) is 6.04 Å². The highest BCUT2D eigenvalue weighted by Gasteiger charge is 2.17. The van der Waals surface area contributed by atoms with Crippen molar-refractivity contribution in [2.24, 2.45) is 0 Å². The molecule has 0 saturated heterocycles. The molecule has 0 aromatic heterocycles. The van der Waals surface area contributed by atoms with Crippen molar-refractivity contribution in [1.82, 2.24) is 0 Å². The van der Waals surface area contributed by atoms with Crippen LogP contribution in [0.3, 0.4) is 0 Å². The Balaban J connectivity index is 2.47. The molecule has 0 saturated carbocycles. The van der Waals surface area contributed by atoms with E-state index in [1.54, 1.807) is 0 Å². The van der Waals surface area contributed by atoms with E-state index in [1.807, 2.05) is 12.1 Å². The van der Waals surface area contributed by atoms with Gasteiger partial charge in [0.1, 0.15) is 0 Å². The maximum Gasteiger partial charge on any atom is 0.0431 e. The lowest BCUT2D eigenvalue weighted by atomic mass is 10.1. The fraction of sp³-hybridized carbons (Fsp3) is 0.300. The van der Waals surface area contributed by atoms with Crippen LogP contribution in [-0.4, -0.2) is 6.04 Å². The van der Waals surface area contributed by atoms with Gasteiger partial charge in [-0.1, -0.05) is 30.7 Å². The van der Waals surface area contributed by atoms with Crippen LogP contribution in [0.1, 0.15) is 31.4 Å². The molecule has 0 amide bonds. The number of hydrogen-bond acceptors (Lipinski definition) is 1. The van der Waals surface area contributed by atoms with E-state index < -0.39 is 0 Å². The predicted molar refractivity (Wildman–Crippen MR) is 97.1 cm³/mol. The second-order valence-corrected chi connectivity index (χ2v) is 6.07. The maximum absolute atomic E-state index is 6.24. The molecule has 22 heavy (non-hydrogen) atoms. The van der Waals surface area contributed by atoms with Crippen LogP contribution in [0, 0.1) is 19.3 Å². The summed E-state index contributed by atoms with van der Waals surface area (Å²) in [6.45, 7) is 6.36. The van der Waals surface area contributed by atoms with Crippen LogP contribution in [0.5, 0.6) is 0 Å². The van der Waals surface area contributed by atoms with Gasteiger partial charge in [0.15, 0.2) is 0 Å². The normalized spacial score (nSPS) is 11.8. The van der Waals surface area contributed by atoms with E-state index in [0.717, 1.165) is 28.4 Å². The van der Waals surface area contributed by atoms with E-state index in [2.05, 4.69) is 61.9 Å². The first-order chi connectivity index (χ1) is 10.5. The van der Waals surface area contributed by atoms with E-state index in [9.17, 15) is 0 Å². The summed E-state index contributed by atoms with van der Waals surface area (Å²) in [7, 11) is 0. The summed E-state index contributed by atoms with van der Waals surface area (Å²) in [5, 5.41) is 0.748. The van der Waals surface area contributed by atoms with E-state index >= 15 is 0 Å². The van der Waals surface area contributed by atoms with Gasteiger partial charge in [-0.3, -0.25) is 0 Å². The molecular weight excluding hydrogens is 290 g/mol. The lowest BCUT2D eigenvalue weighted by Crippen LogP contribution is -2.28. The number of halogens is 1. The molecule has 0 bridgehead atoms. The standard InChI is InChI=1S/C20H22ClN/c1-5-7-16(4)22(19-10-8-17(6-2)9-11-19)20-13-15(3)12-18(21)14-20/h1,8-14,16H,6-7H2,2-4H3. The van der Waals surface area contributed by atoms with Crippen molar-refractivity contribution in [1.29, 1.82) is 0 Å². The molecule has 2 heteroatoms. The Bertz CT molecular complexity index is 647. The van der Waals surface area contributed by atoms with Crippen LogP contribution in [0.4, 0.5) is 11.4 Å². The van der Waals surface area contributed by atoms with Crippen molar-refractivity contribution >= 4 is 23.0 Å². The third kappa shape index (κ3) is 3.84. The number of aryl methyl sites for hydroxylation is 2. The van der Waals surface area contributed by atoms with Gasteiger partial charge in [0, 0.05) is 28.9 Å². The Labute approximate surface area is 138 Å². The minimum atomic E-state index is 0.204. The molecule has 0 heterocycles. The molecule has 0 N–H and O–H groups in total. The third-order valence-corrected chi connectivity index (χ3v) is 4.00. The number of terminal acetylenes is 1. The average molecular weight is 312 g/mol. The molecule has 0 aliphatic rings. The van der Waals surface area contributed by atoms with Gasteiger partial charge in [-0.25, -0.2) is 0 Å². The quantitative estimate of drug-likeness (QED) is 0.634. The monoisotopic (exact) mass is 311 g/mol. The van der Waals surface area contributed by atoms with Gasteiger partial charge in [0.2, 0.25) is 0 Å². The molecule has 0 aliphatic heterocycles. The van der Waals surface area contributed by atoms with Crippen molar-refractivity contribution in [2.45, 2.75) is 39.7 Å². The summed E-state index contributed by atoms with van der Waals surface area (Å²) in [5.41, 5.74) is 4.69. The molecule has 2 rings (SSSR count). The molecule has 2 aromatic carbocycles. The van der Waals surface area contributed by atoms with Crippen molar-refractivity contribution in [3.8, 4) is 12.3 Å². The number of nitrogens with zero attached hydrogens (tertiary/aromatic N) is 1. The van der Waals surface area contributed by atoms with Crippen LogP contribution >= 0.6 is 11.6 Å². The first kappa shape index (κ1) is 16.5. The molecular formula is C20H22ClN. The molecule has 2 aromatic rings. The summed E-state index contributed by atoms with van der Waals surface area (Å²) in [5.74, 6) is 2.76. The topological polar surface area (TPSA) is 3.24 Å². The SMILES string of the molecule is C#CCC(C)N(c1ccc(CC)cc1)c1cc(C)cc(Cl)c1. The third-order valence-electron chi connectivity index (χ3n) is 3.78. The lowest BCUT2D eigenvalue weighted by Gasteiger charge is -2.31. The van der Waals surface area contributed by atoms with Crippen LogP contribution in [0.25, 0.3) is 0 Å². The van der Waals surface area contributed by atoms with E-state index in [4.69, 9.17) is 18.0 Å². The van der Waals surface area contributed by atoms with Crippen molar-refractivity contribution < 1.29 is 0 Å². The molecule has 1 unspecified atom stereocenters. The van der Waals surface area contributed by atoms with Gasteiger partial charge >= 0.3 is 0 Å². The van der Waals surface area contributed by atoms with Crippen molar-refractivity contribution in [3.63, 3.8) is 0 Å². The molecule has 0 fully saturated rings. The summed E-state index contributed by atoms with van der Waals surface area (Å²) in [6, 6.07) is 15.0. The zero-order valence-corrected chi connectivity index (χ0v) is 14.2. The summed E-state index contributed by atoms with van der Waals surface area (Å²) in [6.07, 6.45) is 7.25. The predicted octanol–water partition coefficient (Wildman–Crippen LogP) is 5.76. The second kappa shape index (κ2) is 7.38. The molecule has 0 aliphatic carbocycles. The highest BCUT2D eigenvalue weighted by molar-refractivity contribution is 6.31.